The number of nitrogens with zero attached hydrogens (tertiary/aromatic N) is 3. The lowest BCUT2D eigenvalue weighted by atomic mass is 9.96. The van der Waals surface area contributed by atoms with E-state index in [1.807, 2.05) is 0 Å². The van der Waals surface area contributed by atoms with Crippen LogP contribution in [0.3, 0.4) is 0 Å². The normalized spacial score (nSPS) is 14.4. The molecule has 0 saturated heterocycles. The highest BCUT2D eigenvalue weighted by atomic mass is 15.4. The molecule has 162 valence electrons. The molecular weight excluding hydrogens is 402 g/mol. The van der Waals surface area contributed by atoms with Crippen molar-refractivity contribution in [3.63, 3.8) is 0 Å². The maximum Gasteiger partial charge on any atom is 0.0953 e. The van der Waals surface area contributed by atoms with Crippen molar-refractivity contribution in [1.82, 2.24) is 4.40 Å². The summed E-state index contributed by atoms with van der Waals surface area (Å²) in [5, 5.41) is 5.32. The summed E-state index contributed by atoms with van der Waals surface area (Å²) in [5.41, 5.74) is 8.02. The zero-order valence-electron chi connectivity index (χ0n) is 19.3. The Morgan fingerprint density at radius 2 is 1.33 bits per heavy atom. The standard InChI is InChI=1S/C30H27N3/c1-30(2,3)18-31-19-32(28-14-7-6-13-27(28)31)20-15-16-26-24(17-20)23-11-8-10-22-21-9-4-5-12-25(21)33(26)29(22)23/h4-17H,18-19H2,1-3H3. The van der Waals surface area contributed by atoms with Crippen LogP contribution in [-0.2, 0) is 0 Å². The molecule has 0 N–H and O–H groups in total. The zero-order valence-corrected chi connectivity index (χ0v) is 19.3. The molecule has 2 aromatic heterocycles. The number of anilines is 3. The fraction of sp³-hybridized carbons (Fsp3) is 0.200. The Morgan fingerprint density at radius 1 is 0.667 bits per heavy atom. The molecule has 0 aliphatic carbocycles. The molecule has 0 atom stereocenters. The third-order valence-corrected chi connectivity index (χ3v) is 7.01. The Bertz CT molecular complexity index is 1670. The number of para-hydroxylation sites is 4. The molecule has 6 aromatic rings. The minimum atomic E-state index is 0.237. The van der Waals surface area contributed by atoms with E-state index in [4.69, 9.17) is 0 Å². The molecule has 0 spiro atoms. The van der Waals surface area contributed by atoms with Crippen LogP contribution >= 0.6 is 0 Å². The van der Waals surface area contributed by atoms with E-state index < -0.39 is 0 Å². The minimum absolute atomic E-state index is 0.237. The number of hydrogen-bond donors (Lipinski definition) is 0. The maximum atomic E-state index is 2.51. The summed E-state index contributed by atoms with van der Waals surface area (Å²) < 4.78 is 2.45. The minimum Gasteiger partial charge on any atom is -0.351 e. The van der Waals surface area contributed by atoms with Crippen molar-refractivity contribution in [2.45, 2.75) is 20.8 Å². The Balaban J connectivity index is 1.44. The summed E-state index contributed by atoms with van der Waals surface area (Å²) in [6.07, 6.45) is 0. The molecule has 0 bridgehead atoms. The molecule has 0 fully saturated rings. The zero-order chi connectivity index (χ0) is 22.3. The van der Waals surface area contributed by atoms with Crippen molar-refractivity contribution < 1.29 is 0 Å². The second kappa shape index (κ2) is 6.41. The second-order valence-electron chi connectivity index (χ2n) is 10.6. The van der Waals surface area contributed by atoms with Gasteiger partial charge in [-0.3, -0.25) is 0 Å². The van der Waals surface area contributed by atoms with Crippen molar-refractivity contribution in [2.24, 2.45) is 5.41 Å². The molecule has 0 saturated carbocycles. The van der Waals surface area contributed by atoms with Gasteiger partial charge in [-0.15, -0.1) is 0 Å². The van der Waals surface area contributed by atoms with Crippen LogP contribution in [0.5, 0.6) is 0 Å². The van der Waals surface area contributed by atoms with E-state index in [1.165, 1.54) is 55.2 Å². The molecule has 0 unspecified atom stereocenters. The number of rotatable bonds is 2. The van der Waals surface area contributed by atoms with Crippen LogP contribution in [0.25, 0.3) is 38.1 Å². The van der Waals surface area contributed by atoms with Crippen molar-refractivity contribution in [1.29, 1.82) is 0 Å². The number of benzene rings is 4. The van der Waals surface area contributed by atoms with Gasteiger partial charge in [0.05, 0.1) is 34.6 Å². The monoisotopic (exact) mass is 429 g/mol. The lowest BCUT2D eigenvalue weighted by Gasteiger charge is -2.28. The van der Waals surface area contributed by atoms with Crippen LogP contribution in [0, 0.1) is 5.41 Å². The molecule has 1 aliphatic rings. The van der Waals surface area contributed by atoms with Crippen LogP contribution in [0.4, 0.5) is 17.1 Å². The van der Waals surface area contributed by atoms with Crippen LogP contribution in [-0.4, -0.2) is 17.6 Å². The van der Waals surface area contributed by atoms with Gasteiger partial charge in [-0.1, -0.05) is 69.3 Å². The fourth-order valence-electron chi connectivity index (χ4n) is 5.80. The van der Waals surface area contributed by atoms with Crippen LogP contribution in [0.1, 0.15) is 20.8 Å². The SMILES string of the molecule is CC(C)(C)CN1CN(c2ccc3c(c2)c2cccc4c5ccccc5n3c42)c2ccccc21. The van der Waals surface area contributed by atoms with Gasteiger partial charge in [0, 0.05) is 33.8 Å². The van der Waals surface area contributed by atoms with E-state index in [0.29, 0.717) is 0 Å². The van der Waals surface area contributed by atoms with Gasteiger partial charge in [0.2, 0.25) is 0 Å². The molecule has 33 heavy (non-hydrogen) atoms. The average Bonchev–Trinajstić information content (AvgIpc) is 3.45. The van der Waals surface area contributed by atoms with Crippen molar-refractivity contribution in [2.75, 3.05) is 23.0 Å². The first kappa shape index (κ1) is 18.8. The summed E-state index contributed by atoms with van der Waals surface area (Å²) in [6, 6.07) is 31.3. The van der Waals surface area contributed by atoms with Crippen molar-refractivity contribution >= 4 is 55.2 Å². The van der Waals surface area contributed by atoms with Crippen LogP contribution in [0.2, 0.25) is 0 Å². The number of hydrogen-bond acceptors (Lipinski definition) is 2. The van der Waals surface area contributed by atoms with Crippen molar-refractivity contribution in [3.8, 4) is 0 Å². The van der Waals surface area contributed by atoms with E-state index in [9.17, 15) is 0 Å². The van der Waals surface area contributed by atoms with Gasteiger partial charge >= 0.3 is 0 Å². The Hall–Kier alpha value is -3.72. The Labute approximate surface area is 193 Å². The molecular formula is C30H27N3. The second-order valence-corrected chi connectivity index (χ2v) is 10.6. The topological polar surface area (TPSA) is 10.9 Å². The third-order valence-electron chi connectivity index (χ3n) is 7.01. The van der Waals surface area contributed by atoms with Gasteiger partial charge < -0.3 is 14.2 Å². The van der Waals surface area contributed by atoms with Gasteiger partial charge in [-0.25, -0.2) is 0 Å². The fourth-order valence-corrected chi connectivity index (χ4v) is 5.80. The smallest absolute Gasteiger partial charge is 0.0953 e. The number of aromatic nitrogens is 1. The van der Waals surface area contributed by atoms with Crippen molar-refractivity contribution in [3.05, 3.63) is 84.9 Å². The molecule has 1 aliphatic heterocycles. The lowest BCUT2D eigenvalue weighted by Crippen LogP contribution is -2.34. The summed E-state index contributed by atoms with van der Waals surface area (Å²) in [6.45, 7) is 8.85. The Morgan fingerprint density at radius 3 is 2.15 bits per heavy atom. The lowest BCUT2D eigenvalue weighted by molar-refractivity contribution is 0.414. The molecule has 3 heteroatoms. The van der Waals surface area contributed by atoms with Gasteiger partial charge in [0.15, 0.2) is 0 Å². The number of fused-ring (bicyclic) bond motifs is 7. The summed E-state index contributed by atoms with van der Waals surface area (Å²) >= 11 is 0. The van der Waals surface area contributed by atoms with E-state index in [-0.39, 0.29) is 5.41 Å². The summed E-state index contributed by atoms with van der Waals surface area (Å²) in [5.74, 6) is 0. The first-order valence-electron chi connectivity index (χ1n) is 11.8. The highest BCUT2D eigenvalue weighted by molar-refractivity contribution is 6.23. The van der Waals surface area contributed by atoms with E-state index >= 15 is 0 Å². The maximum absolute atomic E-state index is 2.51. The van der Waals surface area contributed by atoms with Gasteiger partial charge in [-0.05, 0) is 41.8 Å². The third kappa shape index (κ3) is 2.62. The van der Waals surface area contributed by atoms with Gasteiger partial charge in [0.25, 0.3) is 0 Å². The van der Waals surface area contributed by atoms with E-state index in [1.54, 1.807) is 0 Å². The summed E-state index contributed by atoms with van der Waals surface area (Å²) in [4.78, 5) is 4.98. The first-order chi connectivity index (χ1) is 16.0. The predicted molar refractivity (Wildman–Crippen MR) is 141 cm³/mol. The molecule has 3 heterocycles. The Kier molecular flexibility index (Phi) is 3.66. The van der Waals surface area contributed by atoms with Crippen LogP contribution in [0.15, 0.2) is 84.9 Å². The molecule has 7 rings (SSSR count). The highest BCUT2D eigenvalue weighted by Crippen LogP contribution is 2.44. The summed E-state index contributed by atoms with van der Waals surface area (Å²) in [7, 11) is 0. The quantitative estimate of drug-likeness (QED) is 0.278. The van der Waals surface area contributed by atoms with Gasteiger partial charge in [0.1, 0.15) is 0 Å². The molecule has 4 aromatic carbocycles. The first-order valence-corrected chi connectivity index (χ1v) is 11.8. The largest absolute Gasteiger partial charge is 0.351 e. The average molecular weight is 430 g/mol. The molecule has 0 amide bonds. The van der Waals surface area contributed by atoms with Crippen LogP contribution < -0.4 is 9.80 Å². The molecule has 3 nitrogen and oxygen atoms in total. The predicted octanol–water partition coefficient (Wildman–Crippen LogP) is 7.80. The van der Waals surface area contributed by atoms with Gasteiger partial charge in [-0.2, -0.15) is 0 Å². The molecule has 0 radical (unpaired) electrons. The van der Waals surface area contributed by atoms with E-state index in [2.05, 4.69) is 120 Å². The van der Waals surface area contributed by atoms with E-state index in [0.717, 1.165) is 13.2 Å². The highest BCUT2D eigenvalue weighted by Gasteiger charge is 2.29.